The van der Waals surface area contributed by atoms with Gasteiger partial charge in [0.05, 0.1) is 18.8 Å². The molecular formula is C17H16F3N5O. The topological polar surface area (TPSA) is 55.6 Å². The highest BCUT2D eigenvalue weighted by Gasteiger charge is 2.36. The van der Waals surface area contributed by atoms with E-state index in [0.29, 0.717) is 19.0 Å². The van der Waals surface area contributed by atoms with Gasteiger partial charge in [0.25, 0.3) is 5.78 Å². The monoisotopic (exact) mass is 363 g/mol. The number of fused-ring (bicyclic) bond motifs is 1. The first-order valence-electron chi connectivity index (χ1n) is 8.14. The standard InChI is InChI=1S/C17H16F3N5O/c1-11-8-24(13(9-26-11)12-5-3-2-4-6-12)15-7-14(17(18,19)20)23-16-21-10-22-25(15)16/h2-7,10-11,13H,8-9H2,1H3/t11-,13+/m1/s1. The van der Waals surface area contributed by atoms with Gasteiger partial charge in [-0.25, -0.2) is 4.98 Å². The summed E-state index contributed by atoms with van der Waals surface area (Å²) in [6.07, 6.45) is -3.49. The van der Waals surface area contributed by atoms with Gasteiger partial charge in [-0.05, 0) is 12.5 Å². The minimum atomic E-state index is -4.57. The molecule has 1 aliphatic heterocycles. The van der Waals surface area contributed by atoms with E-state index in [2.05, 4.69) is 15.1 Å². The Labute approximate surface area is 147 Å². The maximum Gasteiger partial charge on any atom is 0.433 e. The van der Waals surface area contributed by atoms with Crippen molar-refractivity contribution in [3.8, 4) is 0 Å². The van der Waals surface area contributed by atoms with Crippen LogP contribution in [0.2, 0.25) is 0 Å². The van der Waals surface area contributed by atoms with Crippen LogP contribution in [0.4, 0.5) is 19.0 Å². The molecule has 0 spiro atoms. The second-order valence-corrected chi connectivity index (χ2v) is 6.19. The smallest absolute Gasteiger partial charge is 0.374 e. The maximum atomic E-state index is 13.3. The minimum Gasteiger partial charge on any atom is -0.374 e. The van der Waals surface area contributed by atoms with Crippen LogP contribution < -0.4 is 4.90 Å². The number of hydrogen-bond acceptors (Lipinski definition) is 5. The molecule has 2 atom stereocenters. The van der Waals surface area contributed by atoms with Crippen molar-refractivity contribution in [1.29, 1.82) is 0 Å². The Bertz CT molecular complexity index is 912. The Hall–Kier alpha value is -2.68. The first-order chi connectivity index (χ1) is 12.4. The second kappa shape index (κ2) is 6.24. The van der Waals surface area contributed by atoms with Gasteiger partial charge in [0.1, 0.15) is 12.1 Å². The zero-order valence-electron chi connectivity index (χ0n) is 13.9. The summed E-state index contributed by atoms with van der Waals surface area (Å²) in [7, 11) is 0. The molecule has 0 amide bonds. The number of hydrogen-bond donors (Lipinski definition) is 0. The first kappa shape index (κ1) is 16.8. The molecule has 0 saturated carbocycles. The highest BCUT2D eigenvalue weighted by molar-refractivity contribution is 5.50. The van der Waals surface area contributed by atoms with Crippen LogP contribution in [-0.2, 0) is 10.9 Å². The van der Waals surface area contributed by atoms with Crippen molar-refractivity contribution in [3.63, 3.8) is 0 Å². The van der Waals surface area contributed by atoms with E-state index in [9.17, 15) is 13.2 Å². The highest BCUT2D eigenvalue weighted by Crippen LogP contribution is 2.35. The van der Waals surface area contributed by atoms with Gasteiger partial charge in [0.2, 0.25) is 0 Å². The third-order valence-electron chi connectivity index (χ3n) is 4.37. The second-order valence-electron chi connectivity index (χ2n) is 6.19. The van der Waals surface area contributed by atoms with Crippen LogP contribution in [0.5, 0.6) is 0 Å². The molecule has 2 aromatic heterocycles. The molecule has 136 valence electrons. The van der Waals surface area contributed by atoms with Crippen LogP contribution in [0.1, 0.15) is 24.2 Å². The molecule has 26 heavy (non-hydrogen) atoms. The SMILES string of the molecule is C[C@@H]1CN(c2cc(C(F)(F)F)nc3ncnn23)[C@H](c2ccccc2)CO1. The summed E-state index contributed by atoms with van der Waals surface area (Å²) in [5.41, 5.74) is -0.0306. The average Bonchev–Trinajstić information content (AvgIpc) is 3.09. The van der Waals surface area contributed by atoms with E-state index in [4.69, 9.17) is 4.74 Å². The molecule has 1 saturated heterocycles. The molecule has 0 unspecified atom stereocenters. The lowest BCUT2D eigenvalue weighted by atomic mass is 10.0. The molecule has 3 heterocycles. The van der Waals surface area contributed by atoms with E-state index in [1.165, 1.54) is 10.8 Å². The minimum absolute atomic E-state index is 0.0826. The van der Waals surface area contributed by atoms with E-state index in [0.717, 1.165) is 11.6 Å². The van der Waals surface area contributed by atoms with Gasteiger partial charge in [-0.15, -0.1) is 0 Å². The van der Waals surface area contributed by atoms with Crippen molar-refractivity contribution in [2.24, 2.45) is 0 Å². The lowest BCUT2D eigenvalue weighted by Crippen LogP contribution is -2.44. The fraction of sp³-hybridized carbons (Fsp3) is 0.353. The summed E-state index contributed by atoms with van der Waals surface area (Å²) >= 11 is 0. The fourth-order valence-electron chi connectivity index (χ4n) is 3.15. The van der Waals surface area contributed by atoms with E-state index >= 15 is 0 Å². The number of anilines is 1. The quantitative estimate of drug-likeness (QED) is 0.700. The van der Waals surface area contributed by atoms with Crippen molar-refractivity contribution in [2.45, 2.75) is 25.2 Å². The molecule has 0 aliphatic carbocycles. The van der Waals surface area contributed by atoms with E-state index in [1.54, 1.807) is 0 Å². The van der Waals surface area contributed by atoms with E-state index in [-0.39, 0.29) is 17.9 Å². The van der Waals surface area contributed by atoms with Crippen molar-refractivity contribution in [1.82, 2.24) is 19.6 Å². The van der Waals surface area contributed by atoms with Crippen LogP contribution in [0.3, 0.4) is 0 Å². The van der Waals surface area contributed by atoms with Gasteiger partial charge < -0.3 is 9.64 Å². The molecule has 0 radical (unpaired) electrons. The van der Waals surface area contributed by atoms with E-state index < -0.39 is 11.9 Å². The average molecular weight is 363 g/mol. The molecular weight excluding hydrogens is 347 g/mol. The predicted octanol–water partition coefficient (Wildman–Crippen LogP) is 3.11. The number of rotatable bonds is 2. The zero-order valence-corrected chi connectivity index (χ0v) is 13.9. The number of alkyl halides is 3. The molecule has 6 nitrogen and oxygen atoms in total. The molecule has 4 rings (SSSR count). The Balaban J connectivity index is 1.86. The van der Waals surface area contributed by atoms with Crippen LogP contribution in [0, 0.1) is 0 Å². The number of morpholine rings is 1. The molecule has 1 aliphatic rings. The Morgan fingerprint density at radius 3 is 2.69 bits per heavy atom. The summed E-state index contributed by atoms with van der Waals surface area (Å²) < 4.78 is 47.0. The maximum absolute atomic E-state index is 13.3. The van der Waals surface area contributed by atoms with Gasteiger partial charge in [-0.2, -0.15) is 27.8 Å². The van der Waals surface area contributed by atoms with Crippen molar-refractivity contribution in [3.05, 3.63) is 54.0 Å². The van der Waals surface area contributed by atoms with Gasteiger partial charge in [0.15, 0.2) is 5.69 Å². The fourth-order valence-corrected chi connectivity index (χ4v) is 3.15. The largest absolute Gasteiger partial charge is 0.433 e. The first-order valence-corrected chi connectivity index (χ1v) is 8.14. The Morgan fingerprint density at radius 2 is 1.96 bits per heavy atom. The lowest BCUT2D eigenvalue weighted by molar-refractivity contribution is -0.141. The third-order valence-corrected chi connectivity index (χ3v) is 4.37. The van der Waals surface area contributed by atoms with Crippen molar-refractivity contribution in [2.75, 3.05) is 18.1 Å². The summed E-state index contributed by atoms with van der Waals surface area (Å²) in [6.45, 7) is 2.68. The Kier molecular flexibility index (Phi) is 4.03. The van der Waals surface area contributed by atoms with Gasteiger partial charge in [-0.1, -0.05) is 30.3 Å². The molecule has 3 aromatic rings. The van der Waals surface area contributed by atoms with Gasteiger partial charge in [0, 0.05) is 12.6 Å². The van der Waals surface area contributed by atoms with Gasteiger partial charge in [-0.3, -0.25) is 0 Å². The van der Waals surface area contributed by atoms with E-state index in [1.807, 2.05) is 42.2 Å². The number of halogens is 3. The highest BCUT2D eigenvalue weighted by atomic mass is 19.4. The molecule has 1 aromatic carbocycles. The summed E-state index contributed by atoms with van der Waals surface area (Å²) in [5, 5.41) is 4.06. The normalized spacial score (nSPS) is 21.3. The van der Waals surface area contributed by atoms with Crippen molar-refractivity contribution < 1.29 is 17.9 Å². The third kappa shape index (κ3) is 2.98. The molecule has 0 N–H and O–H groups in total. The lowest BCUT2D eigenvalue weighted by Gasteiger charge is -2.40. The summed E-state index contributed by atoms with van der Waals surface area (Å²) in [5.74, 6) is 0.213. The number of aromatic nitrogens is 4. The summed E-state index contributed by atoms with van der Waals surface area (Å²) in [6, 6.07) is 10.3. The number of benzene rings is 1. The molecule has 9 heteroatoms. The number of ether oxygens (including phenoxy) is 1. The van der Waals surface area contributed by atoms with Crippen LogP contribution in [0.25, 0.3) is 5.78 Å². The molecule has 0 bridgehead atoms. The molecule has 1 fully saturated rings. The van der Waals surface area contributed by atoms with Crippen LogP contribution in [-0.4, -0.2) is 38.8 Å². The predicted molar refractivity (Wildman–Crippen MR) is 87.7 cm³/mol. The van der Waals surface area contributed by atoms with Crippen LogP contribution in [0.15, 0.2) is 42.7 Å². The van der Waals surface area contributed by atoms with Crippen molar-refractivity contribution >= 4 is 11.6 Å². The van der Waals surface area contributed by atoms with Crippen LogP contribution >= 0.6 is 0 Å². The zero-order chi connectivity index (χ0) is 18.3. The number of nitrogens with zero attached hydrogens (tertiary/aromatic N) is 5. The Morgan fingerprint density at radius 1 is 1.19 bits per heavy atom. The van der Waals surface area contributed by atoms with Gasteiger partial charge >= 0.3 is 6.18 Å². The summed E-state index contributed by atoms with van der Waals surface area (Å²) in [4.78, 5) is 9.31.